The minimum atomic E-state index is -0.725. The van der Waals surface area contributed by atoms with Crippen LogP contribution in [0.4, 0.5) is 11.4 Å². The summed E-state index contributed by atoms with van der Waals surface area (Å²) in [6, 6.07) is 10.6. The van der Waals surface area contributed by atoms with E-state index in [9.17, 15) is 9.59 Å². The van der Waals surface area contributed by atoms with Crippen molar-refractivity contribution in [3.05, 3.63) is 58.1 Å². The van der Waals surface area contributed by atoms with E-state index in [1.807, 2.05) is 24.3 Å². The molecule has 2 aromatic rings. The maximum Gasteiger partial charge on any atom is 0.249 e. The Kier molecular flexibility index (Phi) is 5.36. The number of fused-ring (bicyclic) bond motifs is 1. The number of aliphatic imine (C=N–C) groups is 1. The number of nitrogens with zero attached hydrogens (tertiary/aromatic N) is 1. The number of primary amides is 2. The lowest BCUT2D eigenvalue weighted by atomic mass is 9.85. The summed E-state index contributed by atoms with van der Waals surface area (Å²) in [5.41, 5.74) is 12.8. The first-order valence-electron chi connectivity index (χ1n) is 9.58. The summed E-state index contributed by atoms with van der Waals surface area (Å²) in [4.78, 5) is 28.5. The molecule has 4 rings (SSSR count). The van der Waals surface area contributed by atoms with Crippen LogP contribution < -0.4 is 22.1 Å². The van der Waals surface area contributed by atoms with E-state index in [4.69, 9.17) is 32.8 Å². The van der Waals surface area contributed by atoms with Gasteiger partial charge in [0.2, 0.25) is 11.8 Å². The molecule has 0 atom stereocenters. The van der Waals surface area contributed by atoms with Crippen LogP contribution in [0.2, 0.25) is 5.02 Å². The van der Waals surface area contributed by atoms with Crippen molar-refractivity contribution in [1.82, 2.24) is 0 Å². The monoisotopic (exact) mass is 427 g/mol. The minimum Gasteiger partial charge on any atom is -0.381 e. The molecule has 0 aliphatic carbocycles. The zero-order chi connectivity index (χ0) is 21.3. The van der Waals surface area contributed by atoms with Crippen molar-refractivity contribution in [2.45, 2.75) is 24.9 Å². The molecule has 2 aliphatic rings. The van der Waals surface area contributed by atoms with Crippen molar-refractivity contribution >= 4 is 40.6 Å². The predicted octanol–water partition coefficient (Wildman–Crippen LogP) is 2.52. The van der Waals surface area contributed by atoms with Crippen LogP contribution in [0.15, 0.2) is 41.4 Å². The van der Waals surface area contributed by atoms with Crippen molar-refractivity contribution in [3.63, 3.8) is 0 Å². The molecule has 156 valence electrons. The second-order valence-corrected chi connectivity index (χ2v) is 7.85. The molecule has 0 saturated carbocycles. The van der Waals surface area contributed by atoms with E-state index in [1.165, 1.54) is 6.07 Å². The van der Waals surface area contributed by atoms with E-state index in [0.29, 0.717) is 49.0 Å². The van der Waals surface area contributed by atoms with E-state index in [-0.39, 0.29) is 11.1 Å². The largest absolute Gasteiger partial charge is 0.381 e. The smallest absolute Gasteiger partial charge is 0.249 e. The molecular weight excluding hydrogens is 406 g/mol. The average Bonchev–Trinajstić information content (AvgIpc) is 2.72. The number of carbonyl (C=O) groups excluding carboxylic acids is 2. The molecule has 0 bridgehead atoms. The van der Waals surface area contributed by atoms with Gasteiger partial charge in [-0.15, -0.1) is 0 Å². The molecule has 2 aromatic carbocycles. The van der Waals surface area contributed by atoms with Crippen LogP contribution in [0.1, 0.15) is 39.1 Å². The van der Waals surface area contributed by atoms with Crippen LogP contribution in [0.5, 0.6) is 0 Å². The first-order chi connectivity index (χ1) is 14.4. The zero-order valence-corrected chi connectivity index (χ0v) is 17.0. The molecule has 1 spiro atoms. The molecule has 8 nitrogen and oxygen atoms in total. The Morgan fingerprint density at radius 3 is 2.37 bits per heavy atom. The standard InChI is InChI=1S/C21H22ClN5O3/c22-13-3-1-2-12(8-13)11-25-20-21(4-6-30-7-5-21)27-17-10-15(19(24)29)14(18(23)28)9-16(17)26-20/h1-3,8-10,27H,4-7,11H2,(H2,23,28)(H2,24,29)(H,25,26). The number of amides is 2. The normalized spacial score (nSPS) is 18.4. The maximum absolute atomic E-state index is 11.8. The van der Waals surface area contributed by atoms with Crippen LogP contribution in [0, 0.1) is 0 Å². The molecule has 1 fully saturated rings. The van der Waals surface area contributed by atoms with E-state index < -0.39 is 17.4 Å². The lowest BCUT2D eigenvalue weighted by Crippen LogP contribution is -2.55. The Morgan fingerprint density at radius 1 is 1.07 bits per heavy atom. The van der Waals surface area contributed by atoms with Gasteiger partial charge in [-0.2, -0.15) is 0 Å². The van der Waals surface area contributed by atoms with E-state index in [0.717, 1.165) is 11.4 Å². The van der Waals surface area contributed by atoms with Gasteiger partial charge in [0.1, 0.15) is 5.84 Å². The summed E-state index contributed by atoms with van der Waals surface area (Å²) in [6.07, 6.45) is 1.38. The van der Waals surface area contributed by atoms with Gasteiger partial charge in [-0.3, -0.25) is 14.6 Å². The highest BCUT2D eigenvalue weighted by molar-refractivity contribution is 6.30. The highest BCUT2D eigenvalue weighted by atomic mass is 35.5. The first-order valence-corrected chi connectivity index (χ1v) is 9.96. The molecule has 0 radical (unpaired) electrons. The molecule has 2 heterocycles. The molecule has 9 heteroatoms. The Balaban J connectivity index is 1.75. The number of anilines is 2. The lowest BCUT2D eigenvalue weighted by molar-refractivity contribution is 0.0778. The summed E-state index contributed by atoms with van der Waals surface area (Å²) in [5.74, 6) is -0.701. The Morgan fingerprint density at radius 2 is 1.73 bits per heavy atom. The lowest BCUT2D eigenvalue weighted by Gasteiger charge is -2.44. The number of rotatable bonds is 4. The number of nitrogens with one attached hydrogen (secondary N) is 2. The van der Waals surface area contributed by atoms with E-state index >= 15 is 0 Å². The van der Waals surface area contributed by atoms with E-state index in [2.05, 4.69) is 10.6 Å². The number of halogens is 1. The van der Waals surface area contributed by atoms with Crippen molar-refractivity contribution < 1.29 is 14.3 Å². The van der Waals surface area contributed by atoms with Gasteiger partial charge in [-0.1, -0.05) is 23.7 Å². The third kappa shape index (κ3) is 3.83. The fourth-order valence-electron chi connectivity index (χ4n) is 3.86. The van der Waals surface area contributed by atoms with Crippen molar-refractivity contribution in [2.24, 2.45) is 16.5 Å². The number of hydrogen-bond donors (Lipinski definition) is 4. The molecule has 2 amide bonds. The molecule has 6 N–H and O–H groups in total. The van der Waals surface area contributed by atoms with Crippen LogP contribution in [-0.2, 0) is 11.3 Å². The van der Waals surface area contributed by atoms with Crippen LogP contribution in [0.3, 0.4) is 0 Å². The summed E-state index contributed by atoms with van der Waals surface area (Å²) in [7, 11) is 0. The third-order valence-corrected chi connectivity index (χ3v) is 5.66. The number of hydrogen-bond acceptors (Lipinski definition) is 5. The van der Waals surface area contributed by atoms with Crippen LogP contribution in [0.25, 0.3) is 0 Å². The Bertz CT molecular complexity index is 1050. The van der Waals surface area contributed by atoms with Gasteiger partial charge in [0.05, 0.1) is 34.6 Å². The highest BCUT2D eigenvalue weighted by Crippen LogP contribution is 2.38. The third-order valence-electron chi connectivity index (χ3n) is 5.42. The molecule has 30 heavy (non-hydrogen) atoms. The number of carbonyl (C=O) groups is 2. The minimum absolute atomic E-state index is 0.0627. The predicted molar refractivity (Wildman–Crippen MR) is 116 cm³/mol. The van der Waals surface area contributed by atoms with Gasteiger partial charge < -0.3 is 26.8 Å². The molecule has 2 aliphatic heterocycles. The fraction of sp³-hybridized carbons (Fsp3) is 0.286. The summed E-state index contributed by atoms with van der Waals surface area (Å²) >= 11 is 6.09. The quantitative estimate of drug-likeness (QED) is 0.595. The van der Waals surface area contributed by atoms with Crippen molar-refractivity contribution in [2.75, 3.05) is 23.8 Å². The summed E-state index contributed by atoms with van der Waals surface area (Å²) in [6.45, 7) is 1.58. The SMILES string of the molecule is NC(=O)c1cc2c(cc1C(N)=O)NC1(CCOCC1)C(=NCc1cccc(Cl)c1)N2. The number of amidine groups is 1. The van der Waals surface area contributed by atoms with Crippen LogP contribution >= 0.6 is 11.6 Å². The van der Waals surface area contributed by atoms with Gasteiger partial charge in [0.25, 0.3) is 0 Å². The number of nitrogens with two attached hydrogens (primary N) is 2. The maximum atomic E-state index is 11.8. The Hall–Kier alpha value is -3.10. The number of ether oxygens (including phenoxy) is 1. The second kappa shape index (κ2) is 7.97. The van der Waals surface area contributed by atoms with Crippen molar-refractivity contribution in [3.8, 4) is 0 Å². The average molecular weight is 428 g/mol. The molecule has 1 saturated heterocycles. The molecule has 0 unspecified atom stereocenters. The fourth-order valence-corrected chi connectivity index (χ4v) is 4.07. The number of benzene rings is 2. The van der Waals surface area contributed by atoms with Gasteiger partial charge in [0, 0.05) is 31.1 Å². The first kappa shape index (κ1) is 20.2. The van der Waals surface area contributed by atoms with E-state index in [1.54, 1.807) is 6.07 Å². The summed E-state index contributed by atoms with van der Waals surface area (Å²) < 4.78 is 5.55. The topological polar surface area (TPSA) is 132 Å². The van der Waals surface area contributed by atoms with Gasteiger partial charge in [0.15, 0.2) is 0 Å². The summed E-state index contributed by atoms with van der Waals surface area (Å²) in [5, 5.41) is 7.51. The van der Waals surface area contributed by atoms with Crippen LogP contribution in [-0.4, -0.2) is 36.4 Å². The van der Waals surface area contributed by atoms with Gasteiger partial charge in [-0.25, -0.2) is 0 Å². The second-order valence-electron chi connectivity index (χ2n) is 7.41. The Labute approximate surface area is 178 Å². The van der Waals surface area contributed by atoms with Gasteiger partial charge >= 0.3 is 0 Å². The molecular formula is C21H22ClN5O3. The van der Waals surface area contributed by atoms with Gasteiger partial charge in [-0.05, 0) is 29.8 Å². The zero-order valence-electron chi connectivity index (χ0n) is 16.2. The molecule has 0 aromatic heterocycles. The van der Waals surface area contributed by atoms with Crippen molar-refractivity contribution in [1.29, 1.82) is 0 Å². The highest BCUT2D eigenvalue weighted by Gasteiger charge is 2.42.